The van der Waals surface area contributed by atoms with E-state index in [1.54, 1.807) is 6.07 Å². The van der Waals surface area contributed by atoms with Crippen LogP contribution < -0.4 is 0 Å². The van der Waals surface area contributed by atoms with E-state index in [2.05, 4.69) is 15.5 Å². The zero-order chi connectivity index (χ0) is 25.6. The fourth-order valence-corrected chi connectivity index (χ4v) is 4.79. The molecule has 0 unspecified atom stereocenters. The van der Waals surface area contributed by atoms with Crippen molar-refractivity contribution in [3.63, 3.8) is 0 Å². The predicted octanol–water partition coefficient (Wildman–Crippen LogP) is 1.64. The van der Waals surface area contributed by atoms with Gasteiger partial charge in [-0.2, -0.15) is 0 Å². The van der Waals surface area contributed by atoms with Crippen LogP contribution in [0.5, 0.6) is 0 Å². The third-order valence-corrected chi connectivity index (χ3v) is 6.97. The number of halogens is 3. The van der Waals surface area contributed by atoms with Crippen LogP contribution in [0.4, 0.5) is 13.2 Å². The summed E-state index contributed by atoms with van der Waals surface area (Å²) in [5.41, 5.74) is -0.952. The Kier molecular flexibility index (Phi) is 6.59. The molecule has 1 aliphatic carbocycles. The molecule has 2 aromatic heterocycles. The second kappa shape index (κ2) is 9.56. The van der Waals surface area contributed by atoms with Crippen LogP contribution in [0.2, 0.25) is 0 Å². The smallest absolute Gasteiger partial charge is 0.195 e. The van der Waals surface area contributed by atoms with E-state index in [4.69, 9.17) is 14.0 Å². The van der Waals surface area contributed by atoms with Crippen LogP contribution in [0.1, 0.15) is 36.8 Å². The van der Waals surface area contributed by atoms with Gasteiger partial charge in [-0.15, -0.1) is 5.10 Å². The molecule has 194 valence electrons. The van der Waals surface area contributed by atoms with Crippen molar-refractivity contribution in [3.8, 4) is 11.3 Å². The first-order valence-corrected chi connectivity index (χ1v) is 11.5. The van der Waals surface area contributed by atoms with Crippen LogP contribution in [-0.2, 0) is 21.5 Å². The lowest BCUT2D eigenvalue weighted by Gasteiger charge is -2.43. The topological polar surface area (TPSA) is 136 Å². The van der Waals surface area contributed by atoms with Crippen LogP contribution in [0.3, 0.4) is 0 Å². The average molecular weight is 510 g/mol. The van der Waals surface area contributed by atoms with Crippen molar-refractivity contribution >= 4 is 0 Å². The summed E-state index contributed by atoms with van der Waals surface area (Å²) in [6.45, 7) is -0.520. The lowest BCUT2D eigenvalue weighted by Crippen LogP contribution is -2.57. The molecular weight excluding hydrogens is 485 g/mol. The summed E-state index contributed by atoms with van der Waals surface area (Å²) >= 11 is 0. The summed E-state index contributed by atoms with van der Waals surface area (Å²) in [7, 11) is 1.40. The molecule has 10 nitrogen and oxygen atoms in total. The molecule has 3 aromatic rings. The van der Waals surface area contributed by atoms with Gasteiger partial charge in [0.2, 0.25) is 0 Å². The maximum Gasteiger partial charge on any atom is 0.195 e. The number of hydrogen-bond acceptors (Lipinski definition) is 9. The molecule has 1 saturated heterocycles. The molecule has 5 atom stereocenters. The zero-order valence-corrected chi connectivity index (χ0v) is 19.2. The van der Waals surface area contributed by atoms with Gasteiger partial charge in [0, 0.05) is 25.2 Å². The van der Waals surface area contributed by atoms with E-state index in [9.17, 15) is 28.5 Å². The van der Waals surface area contributed by atoms with E-state index < -0.39 is 60.1 Å². The minimum Gasteiger partial charge on any atom is -0.394 e. The second-order valence-electron chi connectivity index (χ2n) is 9.16. The Bertz CT molecular complexity index is 1230. The van der Waals surface area contributed by atoms with Crippen molar-refractivity contribution in [1.29, 1.82) is 0 Å². The Hall–Kier alpha value is -2.84. The van der Waals surface area contributed by atoms with Gasteiger partial charge in [-0.1, -0.05) is 10.4 Å². The maximum absolute atomic E-state index is 14.3. The highest BCUT2D eigenvalue weighted by atomic mass is 19.2. The van der Waals surface area contributed by atoms with Crippen molar-refractivity contribution in [1.82, 2.24) is 20.2 Å². The van der Waals surface area contributed by atoms with Crippen LogP contribution in [0.15, 0.2) is 28.9 Å². The van der Waals surface area contributed by atoms with Crippen molar-refractivity contribution < 1.29 is 42.5 Å². The SMILES string of the molecule is CO[C@@H]1[C@@H](n2cc(-c3ccc(F)c(F)c3F)nn2)[C@@H](O)[C@@H](CO)O[C@@H]1Cc1cc(C2(O)CCC2)on1. The Balaban J connectivity index is 1.43. The van der Waals surface area contributed by atoms with Gasteiger partial charge in [0.25, 0.3) is 0 Å². The number of rotatable bonds is 7. The molecule has 0 bridgehead atoms. The summed E-state index contributed by atoms with van der Waals surface area (Å²) in [6.07, 6.45) is -0.418. The van der Waals surface area contributed by atoms with Gasteiger partial charge >= 0.3 is 0 Å². The highest BCUT2D eigenvalue weighted by Crippen LogP contribution is 2.41. The lowest BCUT2D eigenvalue weighted by atomic mass is 9.78. The van der Waals surface area contributed by atoms with Gasteiger partial charge in [-0.3, -0.25) is 0 Å². The number of methoxy groups -OCH3 is 1. The molecule has 0 radical (unpaired) electrons. The van der Waals surface area contributed by atoms with Crippen LogP contribution in [0.25, 0.3) is 11.3 Å². The first-order chi connectivity index (χ1) is 17.3. The van der Waals surface area contributed by atoms with Crippen molar-refractivity contribution in [2.45, 2.75) is 61.7 Å². The second-order valence-corrected chi connectivity index (χ2v) is 9.16. The minimum atomic E-state index is -1.64. The van der Waals surface area contributed by atoms with Gasteiger partial charge in [-0.25, -0.2) is 17.9 Å². The molecular formula is C23H25F3N4O6. The molecule has 0 amide bonds. The highest BCUT2D eigenvalue weighted by molar-refractivity contribution is 5.58. The molecule has 5 rings (SSSR count). The Morgan fingerprint density at radius 3 is 2.64 bits per heavy atom. The largest absolute Gasteiger partial charge is 0.394 e. The Morgan fingerprint density at radius 2 is 1.97 bits per heavy atom. The fraction of sp³-hybridized carbons (Fsp3) is 0.522. The predicted molar refractivity (Wildman–Crippen MR) is 115 cm³/mol. The first-order valence-electron chi connectivity index (χ1n) is 11.5. The summed E-state index contributed by atoms with van der Waals surface area (Å²) in [4.78, 5) is 0. The van der Waals surface area contributed by atoms with Gasteiger partial charge in [0.15, 0.2) is 23.2 Å². The number of aliphatic hydroxyl groups is 3. The molecule has 1 aliphatic heterocycles. The fourth-order valence-electron chi connectivity index (χ4n) is 4.79. The van der Waals surface area contributed by atoms with Crippen molar-refractivity contribution in [3.05, 3.63) is 53.3 Å². The zero-order valence-electron chi connectivity index (χ0n) is 19.2. The maximum atomic E-state index is 14.3. The monoisotopic (exact) mass is 510 g/mol. The number of aliphatic hydroxyl groups excluding tert-OH is 2. The number of aromatic nitrogens is 4. The van der Waals surface area contributed by atoms with E-state index in [1.165, 1.54) is 18.0 Å². The van der Waals surface area contributed by atoms with E-state index in [0.717, 1.165) is 18.6 Å². The van der Waals surface area contributed by atoms with Gasteiger partial charge in [0.05, 0.1) is 24.6 Å². The average Bonchev–Trinajstić information content (AvgIpc) is 3.52. The molecule has 0 spiro atoms. The summed E-state index contributed by atoms with van der Waals surface area (Å²) in [5.74, 6) is -4.03. The number of nitrogens with zero attached hydrogens (tertiary/aromatic N) is 4. The quantitative estimate of drug-likeness (QED) is 0.405. The van der Waals surface area contributed by atoms with Crippen LogP contribution >= 0.6 is 0 Å². The van der Waals surface area contributed by atoms with Crippen LogP contribution in [0, 0.1) is 17.5 Å². The van der Waals surface area contributed by atoms with Gasteiger partial charge < -0.3 is 29.3 Å². The van der Waals surface area contributed by atoms with Gasteiger partial charge in [-0.05, 0) is 31.4 Å². The molecule has 2 fully saturated rings. The lowest BCUT2D eigenvalue weighted by molar-refractivity contribution is -0.212. The summed E-state index contributed by atoms with van der Waals surface area (Å²) in [6, 6.07) is 2.51. The number of benzene rings is 1. The molecule has 1 saturated carbocycles. The number of ether oxygens (including phenoxy) is 2. The molecule has 3 heterocycles. The van der Waals surface area contributed by atoms with Crippen molar-refractivity contribution in [2.75, 3.05) is 13.7 Å². The molecule has 13 heteroatoms. The molecule has 1 aromatic carbocycles. The Labute approximate surface area is 203 Å². The van der Waals surface area contributed by atoms with Crippen molar-refractivity contribution in [2.24, 2.45) is 0 Å². The van der Waals surface area contributed by atoms with Crippen LogP contribution in [-0.4, -0.2) is 73.6 Å². The minimum absolute atomic E-state index is 0.0908. The molecule has 36 heavy (non-hydrogen) atoms. The van der Waals surface area contributed by atoms with E-state index >= 15 is 0 Å². The Morgan fingerprint density at radius 1 is 1.19 bits per heavy atom. The summed E-state index contributed by atoms with van der Waals surface area (Å²) < 4.78 is 59.5. The van der Waals surface area contributed by atoms with Gasteiger partial charge in [0.1, 0.15) is 35.6 Å². The van der Waals surface area contributed by atoms with E-state index in [1.807, 2.05) is 0 Å². The third kappa shape index (κ3) is 4.20. The van der Waals surface area contributed by atoms with E-state index in [0.29, 0.717) is 24.3 Å². The standard InChI is InChI=1S/C23H25F3N4O6/c1-34-22-15(7-11-8-17(36-28-11)23(33)5-2-6-23)35-16(10-31)21(32)20(22)30-9-14(27-29-30)12-3-4-13(24)19(26)18(12)25/h3-4,8-9,15-16,20-22,31-33H,2,5-7,10H2,1H3/t15-,16-,20+,21+,22+/m1/s1. The highest BCUT2D eigenvalue weighted by Gasteiger charge is 2.47. The normalized spacial score (nSPS) is 27.7. The molecule has 2 aliphatic rings. The third-order valence-electron chi connectivity index (χ3n) is 6.97. The first kappa shape index (κ1) is 24.8. The summed E-state index contributed by atoms with van der Waals surface area (Å²) in [5, 5.41) is 43.1. The molecule has 3 N–H and O–H groups in total. The van der Waals surface area contributed by atoms with E-state index in [-0.39, 0.29) is 17.7 Å². The number of hydrogen-bond donors (Lipinski definition) is 3.